The highest BCUT2D eigenvalue weighted by molar-refractivity contribution is 5.81. The molecule has 0 unspecified atom stereocenters. The van der Waals surface area contributed by atoms with Gasteiger partial charge in [-0.3, -0.25) is 9.79 Å². The normalized spacial score (nSPS) is 15.0. The Morgan fingerprint density at radius 2 is 1.74 bits per heavy atom. The molecule has 166 valence electrons. The molecule has 1 aromatic carbocycles. The molecule has 1 aliphatic rings. The van der Waals surface area contributed by atoms with Crippen LogP contribution in [0.4, 0.5) is 5.82 Å². The minimum atomic E-state index is -0.0258. The first kappa shape index (κ1) is 22.6. The molecule has 2 heterocycles. The Hall–Kier alpha value is -3.09. The fourth-order valence-electron chi connectivity index (χ4n) is 3.69. The van der Waals surface area contributed by atoms with Crippen molar-refractivity contribution in [3.8, 4) is 0 Å². The van der Waals surface area contributed by atoms with E-state index in [0.717, 1.165) is 44.5 Å². The maximum Gasteiger partial charge on any atom is 0.224 e. The number of nitrogens with one attached hydrogen (secondary N) is 2. The molecule has 2 N–H and O–H groups in total. The van der Waals surface area contributed by atoms with Crippen molar-refractivity contribution in [3.05, 3.63) is 60.3 Å². The van der Waals surface area contributed by atoms with Crippen LogP contribution in [0.3, 0.4) is 0 Å². The van der Waals surface area contributed by atoms with Crippen LogP contribution < -0.4 is 15.5 Å². The average molecular weight is 423 g/mol. The predicted molar refractivity (Wildman–Crippen MR) is 126 cm³/mol. The highest BCUT2D eigenvalue weighted by atomic mass is 16.2. The first-order valence-electron chi connectivity index (χ1n) is 10.9. The monoisotopic (exact) mass is 422 g/mol. The number of benzene rings is 1. The number of hydrogen-bond acceptors (Lipinski definition) is 4. The van der Waals surface area contributed by atoms with E-state index >= 15 is 0 Å². The van der Waals surface area contributed by atoms with Crippen molar-refractivity contribution in [2.75, 3.05) is 51.2 Å². The van der Waals surface area contributed by atoms with Gasteiger partial charge in [-0.1, -0.05) is 50.2 Å². The molecule has 0 atom stereocenters. The second-order valence-electron chi connectivity index (χ2n) is 8.41. The van der Waals surface area contributed by atoms with Crippen molar-refractivity contribution >= 4 is 17.7 Å². The molecule has 1 aliphatic heterocycles. The molecular formula is C24H34N6O. The van der Waals surface area contributed by atoms with Crippen LogP contribution in [-0.2, 0) is 10.2 Å². The average Bonchev–Trinajstić information content (AvgIpc) is 2.82. The van der Waals surface area contributed by atoms with E-state index in [4.69, 9.17) is 0 Å². The lowest BCUT2D eigenvalue weighted by molar-refractivity contribution is -0.131. The van der Waals surface area contributed by atoms with Crippen molar-refractivity contribution in [2.45, 2.75) is 25.7 Å². The summed E-state index contributed by atoms with van der Waals surface area (Å²) in [6.07, 6.45) is 2.26. The summed E-state index contributed by atoms with van der Waals surface area (Å²) in [4.78, 5) is 25.5. The van der Waals surface area contributed by atoms with E-state index in [9.17, 15) is 4.79 Å². The Bertz CT molecular complexity index is 845. The van der Waals surface area contributed by atoms with Crippen LogP contribution in [0.5, 0.6) is 0 Å². The van der Waals surface area contributed by atoms with Crippen LogP contribution in [-0.4, -0.2) is 68.1 Å². The number of aliphatic imine (C=N–C) groups is 1. The van der Waals surface area contributed by atoms with Gasteiger partial charge in [0, 0.05) is 64.3 Å². The van der Waals surface area contributed by atoms with Gasteiger partial charge in [-0.05, 0) is 17.7 Å². The van der Waals surface area contributed by atoms with Crippen molar-refractivity contribution in [1.82, 2.24) is 20.5 Å². The third kappa shape index (κ3) is 6.44. The van der Waals surface area contributed by atoms with Gasteiger partial charge in [0.2, 0.25) is 5.91 Å². The van der Waals surface area contributed by atoms with E-state index in [2.05, 4.69) is 63.6 Å². The van der Waals surface area contributed by atoms with E-state index in [-0.39, 0.29) is 11.3 Å². The molecule has 0 radical (unpaired) electrons. The Morgan fingerprint density at radius 1 is 1.03 bits per heavy atom. The maximum absolute atomic E-state index is 12.6. The third-order valence-electron chi connectivity index (χ3n) is 5.71. The van der Waals surface area contributed by atoms with E-state index < -0.39 is 0 Å². The molecule has 7 nitrogen and oxygen atoms in total. The number of nitrogens with zero attached hydrogens (tertiary/aromatic N) is 4. The van der Waals surface area contributed by atoms with Gasteiger partial charge in [0.1, 0.15) is 5.82 Å². The van der Waals surface area contributed by atoms with Crippen LogP contribution in [0.1, 0.15) is 25.8 Å². The first-order chi connectivity index (χ1) is 15.0. The largest absolute Gasteiger partial charge is 0.356 e. The van der Waals surface area contributed by atoms with Gasteiger partial charge in [0.25, 0.3) is 0 Å². The van der Waals surface area contributed by atoms with Gasteiger partial charge in [-0.2, -0.15) is 0 Å². The standard InChI is InChI=1S/C24H34N6O/c1-24(2,20-9-5-4-6-10-20)19-28-23(25-3)27-14-12-22(31)30-17-15-29(16-18-30)21-11-7-8-13-26-21/h4-11,13H,12,14-19H2,1-3H3,(H2,25,27,28). The number of carbonyl (C=O) groups excluding carboxylic acids is 1. The van der Waals surface area contributed by atoms with Crippen molar-refractivity contribution in [3.63, 3.8) is 0 Å². The van der Waals surface area contributed by atoms with Crippen LogP contribution >= 0.6 is 0 Å². The van der Waals surface area contributed by atoms with Gasteiger partial charge >= 0.3 is 0 Å². The number of carbonyl (C=O) groups is 1. The summed E-state index contributed by atoms with van der Waals surface area (Å²) >= 11 is 0. The Balaban J connectivity index is 1.38. The van der Waals surface area contributed by atoms with Gasteiger partial charge in [0.05, 0.1) is 0 Å². The Kier molecular flexibility index (Phi) is 7.87. The summed E-state index contributed by atoms with van der Waals surface area (Å²) in [7, 11) is 1.75. The minimum absolute atomic E-state index is 0.0258. The summed E-state index contributed by atoms with van der Waals surface area (Å²) in [6, 6.07) is 16.4. The van der Waals surface area contributed by atoms with Gasteiger partial charge in [-0.15, -0.1) is 0 Å². The Morgan fingerprint density at radius 3 is 2.39 bits per heavy atom. The molecule has 2 aromatic rings. The Labute approximate surface area is 185 Å². The zero-order valence-electron chi connectivity index (χ0n) is 18.8. The van der Waals surface area contributed by atoms with E-state index in [0.29, 0.717) is 13.0 Å². The number of anilines is 1. The van der Waals surface area contributed by atoms with Crippen LogP contribution in [0.25, 0.3) is 0 Å². The van der Waals surface area contributed by atoms with Crippen LogP contribution in [0.15, 0.2) is 59.7 Å². The molecule has 1 fully saturated rings. The molecule has 0 aliphatic carbocycles. The molecule has 0 saturated carbocycles. The smallest absolute Gasteiger partial charge is 0.224 e. The molecule has 3 rings (SSSR count). The van der Waals surface area contributed by atoms with Crippen LogP contribution in [0, 0.1) is 0 Å². The molecule has 7 heteroatoms. The molecular weight excluding hydrogens is 388 g/mol. The fraction of sp³-hybridized carbons (Fsp3) is 0.458. The molecule has 0 bridgehead atoms. The number of amides is 1. The highest BCUT2D eigenvalue weighted by Gasteiger charge is 2.22. The van der Waals surface area contributed by atoms with Crippen LogP contribution in [0.2, 0.25) is 0 Å². The quantitative estimate of drug-likeness (QED) is 0.529. The number of rotatable bonds is 7. The number of piperazine rings is 1. The van der Waals surface area contributed by atoms with E-state index in [1.807, 2.05) is 29.2 Å². The molecule has 1 aromatic heterocycles. The first-order valence-corrected chi connectivity index (χ1v) is 10.9. The molecule has 1 saturated heterocycles. The molecule has 0 spiro atoms. The maximum atomic E-state index is 12.6. The van der Waals surface area contributed by atoms with Gasteiger partial charge in [-0.25, -0.2) is 4.98 Å². The van der Waals surface area contributed by atoms with Crippen molar-refractivity contribution in [2.24, 2.45) is 4.99 Å². The summed E-state index contributed by atoms with van der Waals surface area (Å²) in [5.41, 5.74) is 1.25. The zero-order chi connectivity index (χ0) is 22.1. The predicted octanol–water partition coefficient (Wildman–Crippen LogP) is 2.26. The number of pyridine rings is 1. The second-order valence-corrected chi connectivity index (χ2v) is 8.41. The van der Waals surface area contributed by atoms with E-state index in [1.165, 1.54) is 5.56 Å². The van der Waals surface area contributed by atoms with Gasteiger partial charge in [0.15, 0.2) is 5.96 Å². The van der Waals surface area contributed by atoms with Crippen molar-refractivity contribution < 1.29 is 4.79 Å². The lowest BCUT2D eigenvalue weighted by Crippen LogP contribution is -2.50. The SMILES string of the molecule is CN=C(NCCC(=O)N1CCN(c2ccccn2)CC1)NCC(C)(C)c1ccccc1. The number of aromatic nitrogens is 1. The summed E-state index contributed by atoms with van der Waals surface area (Å²) in [5, 5.41) is 6.65. The summed E-state index contributed by atoms with van der Waals surface area (Å²) in [6.45, 7) is 8.81. The van der Waals surface area contributed by atoms with Crippen molar-refractivity contribution in [1.29, 1.82) is 0 Å². The summed E-state index contributed by atoms with van der Waals surface area (Å²) < 4.78 is 0. The minimum Gasteiger partial charge on any atom is -0.356 e. The molecule has 1 amide bonds. The summed E-state index contributed by atoms with van der Waals surface area (Å²) in [5.74, 6) is 1.87. The number of guanidine groups is 1. The lowest BCUT2D eigenvalue weighted by Gasteiger charge is -2.35. The van der Waals surface area contributed by atoms with Gasteiger partial charge < -0.3 is 20.4 Å². The van der Waals surface area contributed by atoms with E-state index in [1.54, 1.807) is 13.2 Å². The number of hydrogen-bond donors (Lipinski definition) is 2. The molecule has 31 heavy (non-hydrogen) atoms. The lowest BCUT2D eigenvalue weighted by atomic mass is 9.85. The third-order valence-corrected chi connectivity index (χ3v) is 5.71. The topological polar surface area (TPSA) is 72.9 Å². The fourth-order valence-corrected chi connectivity index (χ4v) is 3.69. The second kappa shape index (κ2) is 10.8. The highest BCUT2D eigenvalue weighted by Crippen LogP contribution is 2.21. The zero-order valence-corrected chi connectivity index (χ0v) is 18.8.